The fourth-order valence-corrected chi connectivity index (χ4v) is 3.20. The zero-order valence-corrected chi connectivity index (χ0v) is 15.2. The van der Waals surface area contributed by atoms with Gasteiger partial charge >= 0.3 is 0 Å². The molecule has 25 heavy (non-hydrogen) atoms. The molecule has 3 heterocycles. The van der Waals surface area contributed by atoms with Gasteiger partial charge in [-0.2, -0.15) is 10.1 Å². The topological polar surface area (TPSA) is 81.1 Å². The van der Waals surface area contributed by atoms with E-state index in [0.717, 1.165) is 44.2 Å². The second kappa shape index (κ2) is 7.82. The lowest BCUT2D eigenvalue weighted by molar-refractivity contribution is 0.0926. The largest absolute Gasteiger partial charge is 0.474 e. The average Bonchev–Trinajstić information content (AvgIpc) is 2.97. The zero-order valence-electron chi connectivity index (χ0n) is 15.2. The van der Waals surface area contributed by atoms with Crippen molar-refractivity contribution in [3.8, 4) is 5.88 Å². The normalized spacial score (nSPS) is 17.8. The van der Waals surface area contributed by atoms with Crippen molar-refractivity contribution >= 4 is 16.9 Å². The minimum Gasteiger partial charge on any atom is -0.474 e. The summed E-state index contributed by atoms with van der Waals surface area (Å²) < 4.78 is 7.55. The Kier molecular flexibility index (Phi) is 5.53. The molecule has 0 spiro atoms. The van der Waals surface area contributed by atoms with E-state index >= 15 is 0 Å². The number of fused-ring (bicyclic) bond motifs is 1. The van der Waals surface area contributed by atoms with Crippen LogP contribution in [0.2, 0.25) is 0 Å². The van der Waals surface area contributed by atoms with E-state index in [0.29, 0.717) is 17.2 Å². The van der Waals surface area contributed by atoms with Gasteiger partial charge in [-0.25, -0.2) is 4.68 Å². The quantitative estimate of drug-likeness (QED) is 0.837. The van der Waals surface area contributed by atoms with Gasteiger partial charge in [0.05, 0.1) is 11.5 Å². The SMILES string of the molecule is CCC(CC)Oc1ccc2c(C(=O)NC3CCCNC3)nn(C)c2n1. The van der Waals surface area contributed by atoms with Crippen LogP contribution in [0.15, 0.2) is 12.1 Å². The lowest BCUT2D eigenvalue weighted by Gasteiger charge is -2.23. The van der Waals surface area contributed by atoms with E-state index < -0.39 is 0 Å². The molecule has 1 amide bonds. The van der Waals surface area contributed by atoms with Gasteiger partial charge in [0.25, 0.3) is 5.91 Å². The van der Waals surface area contributed by atoms with Gasteiger partial charge in [-0.3, -0.25) is 4.79 Å². The Balaban J connectivity index is 1.81. The van der Waals surface area contributed by atoms with Crippen molar-refractivity contribution in [2.45, 2.75) is 51.7 Å². The molecule has 0 aliphatic carbocycles. The highest BCUT2D eigenvalue weighted by Gasteiger charge is 2.22. The first-order valence-electron chi connectivity index (χ1n) is 9.14. The van der Waals surface area contributed by atoms with Crippen molar-refractivity contribution in [1.29, 1.82) is 0 Å². The Morgan fingerprint density at radius 2 is 2.24 bits per heavy atom. The lowest BCUT2D eigenvalue weighted by atomic mass is 10.1. The van der Waals surface area contributed by atoms with Gasteiger partial charge in [0.2, 0.25) is 5.88 Å². The maximum atomic E-state index is 12.6. The van der Waals surface area contributed by atoms with Crippen molar-refractivity contribution in [3.63, 3.8) is 0 Å². The Morgan fingerprint density at radius 3 is 2.92 bits per heavy atom. The number of pyridine rings is 1. The predicted molar refractivity (Wildman–Crippen MR) is 96.9 cm³/mol. The number of aryl methyl sites for hydroxylation is 1. The Morgan fingerprint density at radius 1 is 1.44 bits per heavy atom. The molecule has 7 nitrogen and oxygen atoms in total. The maximum Gasteiger partial charge on any atom is 0.272 e. The van der Waals surface area contributed by atoms with Gasteiger partial charge in [0, 0.05) is 25.7 Å². The number of piperidine rings is 1. The minimum atomic E-state index is -0.144. The van der Waals surface area contributed by atoms with Crippen LogP contribution in [0.4, 0.5) is 0 Å². The van der Waals surface area contributed by atoms with Crippen LogP contribution in [-0.4, -0.2) is 45.9 Å². The van der Waals surface area contributed by atoms with Crippen molar-refractivity contribution in [1.82, 2.24) is 25.4 Å². The highest BCUT2D eigenvalue weighted by Crippen LogP contribution is 2.21. The smallest absolute Gasteiger partial charge is 0.272 e. The number of rotatable bonds is 6. The van der Waals surface area contributed by atoms with Gasteiger partial charge in [0.1, 0.15) is 0 Å². The molecule has 0 bridgehead atoms. The molecule has 7 heteroatoms. The summed E-state index contributed by atoms with van der Waals surface area (Å²) in [5, 5.41) is 11.5. The Bertz CT molecular complexity index is 732. The highest BCUT2D eigenvalue weighted by atomic mass is 16.5. The molecule has 2 N–H and O–H groups in total. The van der Waals surface area contributed by atoms with Crippen molar-refractivity contribution in [2.24, 2.45) is 7.05 Å². The predicted octanol–water partition coefficient (Wildman–Crippen LogP) is 2.02. The van der Waals surface area contributed by atoms with E-state index in [4.69, 9.17) is 4.74 Å². The molecule has 0 aromatic carbocycles. The van der Waals surface area contributed by atoms with Crippen LogP contribution in [0.25, 0.3) is 11.0 Å². The number of ether oxygens (including phenoxy) is 1. The second-order valence-electron chi connectivity index (χ2n) is 6.57. The van der Waals surface area contributed by atoms with E-state index in [1.807, 2.05) is 12.1 Å². The van der Waals surface area contributed by atoms with Gasteiger partial charge in [-0.05, 0) is 38.3 Å². The second-order valence-corrected chi connectivity index (χ2v) is 6.57. The maximum absolute atomic E-state index is 12.6. The zero-order chi connectivity index (χ0) is 17.8. The van der Waals surface area contributed by atoms with E-state index in [2.05, 4.69) is 34.6 Å². The molecule has 136 valence electrons. The molecule has 0 radical (unpaired) electrons. The summed E-state index contributed by atoms with van der Waals surface area (Å²) in [7, 11) is 1.80. The first-order valence-corrected chi connectivity index (χ1v) is 9.14. The average molecular weight is 345 g/mol. The molecule has 1 unspecified atom stereocenters. The molecule has 2 aromatic rings. The minimum absolute atomic E-state index is 0.144. The van der Waals surface area contributed by atoms with E-state index in [1.54, 1.807) is 11.7 Å². The molecule has 1 atom stereocenters. The third kappa shape index (κ3) is 3.92. The highest BCUT2D eigenvalue weighted by molar-refractivity contribution is 6.04. The number of carbonyl (C=O) groups excluding carboxylic acids is 1. The lowest BCUT2D eigenvalue weighted by Crippen LogP contribution is -2.45. The number of aromatic nitrogens is 3. The number of carbonyl (C=O) groups is 1. The van der Waals surface area contributed by atoms with Gasteiger partial charge in [-0.1, -0.05) is 13.8 Å². The number of hydrogen-bond acceptors (Lipinski definition) is 5. The van der Waals surface area contributed by atoms with Crippen LogP contribution < -0.4 is 15.4 Å². The van der Waals surface area contributed by atoms with Crippen LogP contribution >= 0.6 is 0 Å². The van der Waals surface area contributed by atoms with Gasteiger partial charge in [0.15, 0.2) is 11.3 Å². The summed E-state index contributed by atoms with van der Waals surface area (Å²) in [6, 6.07) is 3.85. The van der Waals surface area contributed by atoms with E-state index in [-0.39, 0.29) is 18.1 Å². The van der Waals surface area contributed by atoms with Gasteiger partial charge in [-0.15, -0.1) is 0 Å². The molecule has 1 aliphatic heterocycles. The summed E-state index contributed by atoms with van der Waals surface area (Å²) >= 11 is 0. The molecule has 0 saturated carbocycles. The van der Waals surface area contributed by atoms with Crippen molar-refractivity contribution in [3.05, 3.63) is 17.8 Å². The first kappa shape index (κ1) is 17.7. The van der Waals surface area contributed by atoms with Crippen LogP contribution in [0.1, 0.15) is 50.0 Å². The Hall–Kier alpha value is -2.15. The molecule has 1 fully saturated rings. The summed E-state index contributed by atoms with van der Waals surface area (Å²) in [5.74, 6) is 0.433. The molecule has 1 aliphatic rings. The number of amides is 1. The van der Waals surface area contributed by atoms with Gasteiger partial charge < -0.3 is 15.4 Å². The third-order valence-corrected chi connectivity index (χ3v) is 4.71. The molecule has 2 aromatic heterocycles. The summed E-state index contributed by atoms with van der Waals surface area (Å²) in [6.45, 7) is 6.02. The number of hydrogen-bond donors (Lipinski definition) is 2. The monoisotopic (exact) mass is 345 g/mol. The molecule has 3 rings (SSSR count). The van der Waals surface area contributed by atoms with E-state index in [1.165, 1.54) is 0 Å². The summed E-state index contributed by atoms with van der Waals surface area (Å²) in [4.78, 5) is 17.2. The fourth-order valence-electron chi connectivity index (χ4n) is 3.20. The van der Waals surface area contributed by atoms with E-state index in [9.17, 15) is 4.79 Å². The number of nitrogens with zero attached hydrogens (tertiary/aromatic N) is 3. The van der Waals surface area contributed by atoms with Crippen molar-refractivity contribution < 1.29 is 9.53 Å². The fraction of sp³-hybridized carbons (Fsp3) is 0.611. The van der Waals surface area contributed by atoms with Crippen LogP contribution in [0.5, 0.6) is 5.88 Å². The first-order chi connectivity index (χ1) is 12.1. The van der Waals surface area contributed by atoms with Crippen LogP contribution in [0, 0.1) is 0 Å². The van der Waals surface area contributed by atoms with Crippen LogP contribution in [0.3, 0.4) is 0 Å². The summed E-state index contributed by atoms with van der Waals surface area (Å²) in [6.07, 6.45) is 4.09. The standard InChI is InChI=1S/C18H27N5O2/c1-4-13(5-2)25-15-9-8-14-16(22-23(3)17(14)21-15)18(24)20-12-7-6-10-19-11-12/h8-9,12-13,19H,4-7,10-11H2,1-3H3,(H,20,24). The molecular weight excluding hydrogens is 318 g/mol. The van der Waals surface area contributed by atoms with Crippen molar-refractivity contribution in [2.75, 3.05) is 13.1 Å². The molecular formula is C18H27N5O2. The molecule has 1 saturated heterocycles. The Labute approximate surface area is 148 Å². The number of nitrogens with one attached hydrogen (secondary N) is 2. The third-order valence-electron chi connectivity index (χ3n) is 4.71. The van der Waals surface area contributed by atoms with Crippen LogP contribution in [-0.2, 0) is 7.05 Å². The summed E-state index contributed by atoms with van der Waals surface area (Å²) in [5.41, 5.74) is 1.08.